The number of para-hydroxylation sites is 1. The van der Waals surface area contributed by atoms with Crippen molar-refractivity contribution in [3.05, 3.63) is 71.7 Å². The van der Waals surface area contributed by atoms with E-state index in [0.717, 1.165) is 5.56 Å². The number of carbonyl (C=O) groups is 2. The van der Waals surface area contributed by atoms with Gasteiger partial charge in [-0.05, 0) is 36.8 Å². The molecule has 134 valence electrons. The molecule has 0 saturated carbocycles. The van der Waals surface area contributed by atoms with Crippen LogP contribution in [0.1, 0.15) is 24.1 Å². The quantitative estimate of drug-likeness (QED) is 0.700. The number of amides is 2. The van der Waals surface area contributed by atoms with E-state index in [1.807, 2.05) is 6.07 Å². The maximum absolute atomic E-state index is 13.6. The Kier molecular flexibility index (Phi) is 5.08. The highest BCUT2D eigenvalue weighted by Gasteiger charge is 2.17. The number of pyridine rings is 1. The molecule has 1 heterocycles. The van der Waals surface area contributed by atoms with Gasteiger partial charge in [-0.15, -0.1) is 0 Å². The minimum Gasteiger partial charge on any atom is -0.341 e. The lowest BCUT2D eigenvalue weighted by Gasteiger charge is -2.14. The van der Waals surface area contributed by atoms with Crippen LogP contribution in [-0.2, 0) is 9.59 Å². The summed E-state index contributed by atoms with van der Waals surface area (Å²) in [7, 11) is 0. The van der Waals surface area contributed by atoms with Gasteiger partial charge in [-0.2, -0.15) is 5.26 Å². The van der Waals surface area contributed by atoms with Crippen LogP contribution < -0.4 is 10.6 Å². The lowest BCUT2D eigenvalue weighted by atomic mass is 10.1. The van der Waals surface area contributed by atoms with Crippen LogP contribution >= 0.6 is 0 Å². The normalized spacial score (nSPS) is 11.4. The van der Waals surface area contributed by atoms with E-state index in [1.54, 1.807) is 43.3 Å². The molecule has 27 heavy (non-hydrogen) atoms. The Morgan fingerprint density at radius 3 is 2.59 bits per heavy atom. The van der Waals surface area contributed by atoms with E-state index in [1.165, 1.54) is 18.3 Å². The summed E-state index contributed by atoms with van der Waals surface area (Å²) in [5.41, 5.74) is 1.75. The zero-order chi connectivity index (χ0) is 19.4. The summed E-state index contributed by atoms with van der Waals surface area (Å²) in [5, 5.41) is 14.4. The fourth-order valence-corrected chi connectivity index (χ4v) is 2.57. The molecule has 0 aliphatic rings. The molecule has 2 N–H and O–H groups in total. The maximum Gasteiger partial charge on any atom is 0.313 e. The molecular weight excluding hydrogens is 347 g/mol. The predicted molar refractivity (Wildman–Crippen MR) is 98.0 cm³/mol. The minimum atomic E-state index is -0.854. The lowest BCUT2D eigenvalue weighted by molar-refractivity contribution is -0.136. The first-order valence-electron chi connectivity index (χ1n) is 8.14. The Hall–Kier alpha value is -3.79. The molecule has 0 radical (unpaired) electrons. The number of halogens is 1. The number of benzene rings is 2. The molecule has 7 heteroatoms. The molecule has 1 aromatic heterocycles. The molecule has 3 aromatic rings. The van der Waals surface area contributed by atoms with E-state index in [2.05, 4.69) is 15.6 Å². The van der Waals surface area contributed by atoms with Gasteiger partial charge in [-0.3, -0.25) is 14.6 Å². The van der Waals surface area contributed by atoms with E-state index in [0.29, 0.717) is 16.6 Å². The largest absolute Gasteiger partial charge is 0.341 e. The van der Waals surface area contributed by atoms with E-state index in [9.17, 15) is 14.0 Å². The van der Waals surface area contributed by atoms with Crippen molar-refractivity contribution in [3.63, 3.8) is 0 Å². The van der Waals surface area contributed by atoms with Crippen LogP contribution in [0, 0.1) is 17.1 Å². The zero-order valence-corrected chi connectivity index (χ0v) is 14.4. The summed E-state index contributed by atoms with van der Waals surface area (Å²) < 4.78 is 13.6. The molecule has 3 rings (SSSR count). The number of fused-ring (bicyclic) bond motifs is 1. The van der Waals surface area contributed by atoms with Gasteiger partial charge in [0.05, 0.1) is 29.6 Å². The van der Waals surface area contributed by atoms with E-state index in [4.69, 9.17) is 5.26 Å². The molecule has 6 nitrogen and oxygen atoms in total. The zero-order valence-electron chi connectivity index (χ0n) is 14.4. The number of anilines is 1. The van der Waals surface area contributed by atoms with Crippen LogP contribution in [-0.4, -0.2) is 16.8 Å². The van der Waals surface area contributed by atoms with E-state index < -0.39 is 23.7 Å². The van der Waals surface area contributed by atoms with Crippen LogP contribution in [0.2, 0.25) is 0 Å². The van der Waals surface area contributed by atoms with Crippen molar-refractivity contribution in [2.24, 2.45) is 0 Å². The molecule has 1 unspecified atom stereocenters. The number of nitrogens with zero attached hydrogens (tertiary/aromatic N) is 2. The smallest absolute Gasteiger partial charge is 0.313 e. The minimum absolute atomic E-state index is 0.189. The van der Waals surface area contributed by atoms with Gasteiger partial charge in [-0.25, -0.2) is 4.39 Å². The fraction of sp³-hybridized carbons (Fsp3) is 0.100. The van der Waals surface area contributed by atoms with Gasteiger partial charge in [0.2, 0.25) is 0 Å². The number of nitrogens with one attached hydrogen (secondary N) is 2. The highest BCUT2D eigenvalue weighted by Crippen LogP contribution is 2.19. The second-order valence-corrected chi connectivity index (χ2v) is 5.92. The van der Waals surface area contributed by atoms with Gasteiger partial charge in [0.1, 0.15) is 11.3 Å². The van der Waals surface area contributed by atoms with Crippen LogP contribution in [0.25, 0.3) is 10.9 Å². The summed E-state index contributed by atoms with van der Waals surface area (Å²) in [6, 6.07) is 14.3. The third-order valence-corrected chi connectivity index (χ3v) is 4.01. The van der Waals surface area contributed by atoms with Gasteiger partial charge in [0.15, 0.2) is 0 Å². The third-order valence-electron chi connectivity index (χ3n) is 4.01. The Balaban J connectivity index is 1.66. The second kappa shape index (κ2) is 7.62. The van der Waals surface area contributed by atoms with E-state index >= 15 is 0 Å². The first-order chi connectivity index (χ1) is 13.0. The summed E-state index contributed by atoms with van der Waals surface area (Å²) >= 11 is 0. The van der Waals surface area contributed by atoms with Crippen molar-refractivity contribution in [1.82, 2.24) is 10.3 Å². The standard InChI is InChI=1S/C20H15FN4O2/c1-12(14-7-5-13(10-22)6-8-14)24-19(26)20(27)25-16-9-15-3-2-4-17(21)18(15)23-11-16/h2-9,11-12H,1H3,(H,24,26)(H,25,27). The van der Waals surface area contributed by atoms with Crippen LogP contribution in [0.5, 0.6) is 0 Å². The molecular formula is C20H15FN4O2. The van der Waals surface area contributed by atoms with Crippen molar-refractivity contribution < 1.29 is 14.0 Å². The average molecular weight is 362 g/mol. The Bertz CT molecular complexity index is 1060. The highest BCUT2D eigenvalue weighted by atomic mass is 19.1. The predicted octanol–water partition coefficient (Wildman–Crippen LogP) is 3.06. The second-order valence-electron chi connectivity index (χ2n) is 5.92. The van der Waals surface area contributed by atoms with Gasteiger partial charge in [0, 0.05) is 5.39 Å². The van der Waals surface area contributed by atoms with E-state index in [-0.39, 0.29) is 5.52 Å². The summed E-state index contributed by atoms with van der Waals surface area (Å²) in [6.45, 7) is 1.73. The lowest BCUT2D eigenvalue weighted by Crippen LogP contribution is -2.36. The Morgan fingerprint density at radius 1 is 1.15 bits per heavy atom. The molecule has 2 aromatic carbocycles. The van der Waals surface area contributed by atoms with Crippen molar-refractivity contribution in [1.29, 1.82) is 5.26 Å². The number of rotatable bonds is 3. The number of hydrogen-bond acceptors (Lipinski definition) is 4. The first-order valence-corrected chi connectivity index (χ1v) is 8.14. The topological polar surface area (TPSA) is 94.9 Å². The molecule has 0 fully saturated rings. The van der Waals surface area contributed by atoms with Crippen molar-refractivity contribution in [3.8, 4) is 6.07 Å². The van der Waals surface area contributed by atoms with Gasteiger partial charge >= 0.3 is 11.8 Å². The van der Waals surface area contributed by atoms with Crippen LogP contribution in [0.4, 0.5) is 10.1 Å². The summed E-state index contributed by atoms with van der Waals surface area (Å²) in [6.07, 6.45) is 1.29. The molecule has 1 atom stereocenters. The van der Waals surface area contributed by atoms with Gasteiger partial charge in [-0.1, -0.05) is 24.3 Å². The van der Waals surface area contributed by atoms with Gasteiger partial charge < -0.3 is 10.6 Å². The van der Waals surface area contributed by atoms with Crippen LogP contribution in [0.3, 0.4) is 0 Å². The number of nitriles is 1. The molecule has 0 spiro atoms. The summed E-state index contributed by atoms with van der Waals surface area (Å²) in [5.74, 6) is -2.13. The monoisotopic (exact) mass is 362 g/mol. The van der Waals surface area contributed by atoms with Crippen molar-refractivity contribution >= 4 is 28.4 Å². The third kappa shape index (κ3) is 4.07. The Morgan fingerprint density at radius 2 is 1.89 bits per heavy atom. The molecule has 2 amide bonds. The Labute approximate surface area is 154 Å². The molecule has 0 saturated heterocycles. The molecule has 0 aliphatic heterocycles. The maximum atomic E-state index is 13.6. The summed E-state index contributed by atoms with van der Waals surface area (Å²) in [4.78, 5) is 28.2. The average Bonchev–Trinajstić information content (AvgIpc) is 2.68. The first kappa shape index (κ1) is 18.0. The fourth-order valence-electron chi connectivity index (χ4n) is 2.57. The highest BCUT2D eigenvalue weighted by molar-refractivity contribution is 6.39. The number of aromatic nitrogens is 1. The van der Waals surface area contributed by atoms with Crippen molar-refractivity contribution in [2.75, 3.05) is 5.32 Å². The van der Waals surface area contributed by atoms with Crippen LogP contribution in [0.15, 0.2) is 54.7 Å². The van der Waals surface area contributed by atoms with Crippen molar-refractivity contribution in [2.45, 2.75) is 13.0 Å². The molecule has 0 bridgehead atoms. The molecule has 0 aliphatic carbocycles. The van der Waals surface area contributed by atoms with Gasteiger partial charge in [0.25, 0.3) is 0 Å². The SMILES string of the molecule is CC(NC(=O)C(=O)Nc1cnc2c(F)cccc2c1)c1ccc(C#N)cc1. The number of hydrogen-bond donors (Lipinski definition) is 2. The number of carbonyl (C=O) groups excluding carboxylic acids is 2.